The van der Waals surface area contributed by atoms with Gasteiger partial charge in [-0.3, -0.25) is 14.7 Å². The van der Waals surface area contributed by atoms with Crippen LogP contribution in [-0.4, -0.2) is 38.5 Å². The van der Waals surface area contributed by atoms with Gasteiger partial charge in [0.2, 0.25) is 5.91 Å². The van der Waals surface area contributed by atoms with Crippen molar-refractivity contribution in [3.8, 4) is 17.1 Å². The van der Waals surface area contributed by atoms with Crippen molar-refractivity contribution in [3.63, 3.8) is 0 Å². The molecule has 9 heteroatoms. The normalized spacial score (nSPS) is 18.3. The molecule has 3 amide bonds. The minimum Gasteiger partial charge on any atom is -0.469 e. The molecule has 4 rings (SSSR count). The highest BCUT2D eigenvalue weighted by Gasteiger charge is 2.24. The van der Waals surface area contributed by atoms with E-state index in [1.165, 1.54) is 18.2 Å². The van der Waals surface area contributed by atoms with Crippen LogP contribution in [0.1, 0.15) is 38.4 Å². The molecule has 0 saturated heterocycles. The molecular weight excluding hydrogens is 426 g/mol. The van der Waals surface area contributed by atoms with Gasteiger partial charge in [-0.05, 0) is 43.9 Å². The second kappa shape index (κ2) is 10.0. The van der Waals surface area contributed by atoms with Crippen molar-refractivity contribution < 1.29 is 14.0 Å². The van der Waals surface area contributed by atoms with E-state index in [-0.39, 0.29) is 17.7 Å². The van der Waals surface area contributed by atoms with E-state index < -0.39 is 6.03 Å². The zero-order valence-electron chi connectivity index (χ0n) is 18.2. The largest absolute Gasteiger partial charge is 0.469 e. The van der Waals surface area contributed by atoms with Crippen molar-refractivity contribution in [2.45, 2.75) is 50.7 Å². The topological polar surface area (TPSA) is 102 Å². The number of hydrogen-bond acceptors (Lipinski definition) is 6. The van der Waals surface area contributed by atoms with Gasteiger partial charge in [0.25, 0.3) is 0 Å². The van der Waals surface area contributed by atoms with Crippen LogP contribution in [0.25, 0.3) is 17.1 Å². The number of carbonyl (C=O) groups is 2. The SMILES string of the molecule is Cc1occc1-c1nnc(SCC(=O)NC(=O)NC2CCCCC2C)n1-c1ccccc1. The molecule has 1 aliphatic carbocycles. The second-order valence-corrected chi connectivity index (χ2v) is 8.99. The maximum absolute atomic E-state index is 12.4. The van der Waals surface area contributed by atoms with Gasteiger partial charge in [0.1, 0.15) is 5.76 Å². The van der Waals surface area contributed by atoms with E-state index in [9.17, 15) is 9.59 Å². The number of furan rings is 1. The van der Waals surface area contributed by atoms with Crippen LogP contribution in [0.15, 0.2) is 52.2 Å². The predicted molar refractivity (Wildman–Crippen MR) is 123 cm³/mol. The molecule has 1 saturated carbocycles. The Labute approximate surface area is 191 Å². The maximum atomic E-state index is 12.4. The van der Waals surface area contributed by atoms with Gasteiger partial charge in [-0.25, -0.2) is 4.79 Å². The molecule has 2 atom stereocenters. The number of hydrogen-bond donors (Lipinski definition) is 2. The van der Waals surface area contributed by atoms with E-state index >= 15 is 0 Å². The lowest BCUT2D eigenvalue weighted by Gasteiger charge is -2.29. The molecule has 0 aliphatic heterocycles. The molecule has 0 radical (unpaired) electrons. The van der Waals surface area contributed by atoms with Crippen molar-refractivity contribution in [2.24, 2.45) is 5.92 Å². The summed E-state index contributed by atoms with van der Waals surface area (Å²) in [5.74, 6) is 1.46. The standard InChI is InChI=1S/C23H27N5O3S/c1-15-8-6-7-11-19(15)24-22(30)25-20(29)14-32-23-27-26-21(18-12-13-31-16(18)2)28(23)17-9-4-3-5-10-17/h3-5,9-10,12-13,15,19H,6-8,11,14H2,1-2H3,(H2,24,25,29,30). The fraction of sp³-hybridized carbons (Fsp3) is 0.391. The third-order valence-corrected chi connectivity index (χ3v) is 6.69. The molecule has 1 fully saturated rings. The Morgan fingerprint density at radius 2 is 1.94 bits per heavy atom. The summed E-state index contributed by atoms with van der Waals surface area (Å²) in [6, 6.07) is 11.2. The van der Waals surface area contributed by atoms with Crippen LogP contribution in [0.2, 0.25) is 0 Å². The summed E-state index contributed by atoms with van der Waals surface area (Å²) in [4.78, 5) is 24.7. The average molecular weight is 454 g/mol. The maximum Gasteiger partial charge on any atom is 0.321 e. The van der Waals surface area contributed by atoms with Gasteiger partial charge in [-0.2, -0.15) is 0 Å². The van der Waals surface area contributed by atoms with Crippen LogP contribution < -0.4 is 10.6 Å². The Kier molecular flexibility index (Phi) is 6.94. The van der Waals surface area contributed by atoms with Crippen LogP contribution >= 0.6 is 11.8 Å². The van der Waals surface area contributed by atoms with Gasteiger partial charge in [0.05, 0.1) is 17.6 Å². The number of thioether (sulfide) groups is 1. The van der Waals surface area contributed by atoms with Crippen LogP contribution in [0.3, 0.4) is 0 Å². The zero-order valence-corrected chi connectivity index (χ0v) is 19.0. The second-order valence-electron chi connectivity index (χ2n) is 8.05. The van der Waals surface area contributed by atoms with Gasteiger partial charge < -0.3 is 9.73 Å². The van der Waals surface area contributed by atoms with Crippen molar-refractivity contribution in [1.29, 1.82) is 0 Å². The highest BCUT2D eigenvalue weighted by Crippen LogP contribution is 2.30. The molecule has 2 N–H and O–H groups in total. The fourth-order valence-corrected chi connectivity index (χ4v) is 4.74. The summed E-state index contributed by atoms with van der Waals surface area (Å²) < 4.78 is 7.32. The van der Waals surface area contributed by atoms with Gasteiger partial charge in [0, 0.05) is 11.7 Å². The summed E-state index contributed by atoms with van der Waals surface area (Å²) in [6.07, 6.45) is 5.96. The van der Waals surface area contributed by atoms with Gasteiger partial charge in [-0.1, -0.05) is 49.7 Å². The lowest BCUT2D eigenvalue weighted by molar-refractivity contribution is -0.117. The first-order valence-electron chi connectivity index (χ1n) is 10.8. The van der Waals surface area contributed by atoms with E-state index in [2.05, 4.69) is 27.8 Å². The fourth-order valence-electron chi connectivity index (χ4n) is 3.99. The van der Waals surface area contributed by atoms with Crippen LogP contribution in [0.4, 0.5) is 4.79 Å². The summed E-state index contributed by atoms with van der Waals surface area (Å²) in [5.41, 5.74) is 1.71. The number of aryl methyl sites for hydroxylation is 1. The highest BCUT2D eigenvalue weighted by molar-refractivity contribution is 7.99. The first-order chi connectivity index (χ1) is 15.5. The summed E-state index contributed by atoms with van der Waals surface area (Å²) >= 11 is 1.23. The molecule has 8 nitrogen and oxygen atoms in total. The van der Waals surface area contributed by atoms with Gasteiger partial charge in [-0.15, -0.1) is 10.2 Å². The number of benzene rings is 1. The number of nitrogens with one attached hydrogen (secondary N) is 2. The van der Waals surface area contributed by atoms with Crippen LogP contribution in [0, 0.1) is 12.8 Å². The molecule has 0 bridgehead atoms. The van der Waals surface area contributed by atoms with Gasteiger partial charge >= 0.3 is 6.03 Å². The average Bonchev–Trinajstić information content (AvgIpc) is 3.40. The van der Waals surface area contributed by atoms with Crippen molar-refractivity contribution in [3.05, 3.63) is 48.4 Å². The number of rotatable bonds is 6. The van der Waals surface area contributed by atoms with Gasteiger partial charge in [0.15, 0.2) is 11.0 Å². The third-order valence-electron chi connectivity index (χ3n) is 5.76. The minimum atomic E-state index is -0.436. The highest BCUT2D eigenvalue weighted by atomic mass is 32.2. The van der Waals surface area contributed by atoms with E-state index in [1.807, 2.05) is 47.9 Å². The van der Waals surface area contributed by atoms with Crippen LogP contribution in [-0.2, 0) is 4.79 Å². The molecule has 0 spiro atoms. The minimum absolute atomic E-state index is 0.0446. The smallest absolute Gasteiger partial charge is 0.321 e. The molecule has 2 unspecified atom stereocenters. The number of para-hydroxylation sites is 1. The number of nitrogens with zero attached hydrogens (tertiary/aromatic N) is 3. The third kappa shape index (κ3) is 5.04. The van der Waals surface area contributed by atoms with E-state index in [4.69, 9.17) is 4.42 Å². The molecule has 2 aromatic heterocycles. The predicted octanol–water partition coefficient (Wildman–Crippen LogP) is 4.33. The molecule has 1 aliphatic rings. The quantitative estimate of drug-likeness (QED) is 0.539. The first-order valence-corrected chi connectivity index (χ1v) is 11.8. The number of carbonyl (C=O) groups excluding carboxylic acids is 2. The lowest BCUT2D eigenvalue weighted by Crippen LogP contribution is -2.48. The molecule has 32 heavy (non-hydrogen) atoms. The summed E-state index contributed by atoms with van der Waals surface area (Å²) in [7, 11) is 0. The summed E-state index contributed by atoms with van der Waals surface area (Å²) in [6.45, 7) is 4.00. The number of aromatic nitrogens is 3. The Bertz CT molecular complexity index is 1080. The Morgan fingerprint density at radius 3 is 2.66 bits per heavy atom. The first kappa shape index (κ1) is 22.1. The Hall–Kier alpha value is -3.07. The molecular formula is C23H27N5O3S. The van der Waals surface area contributed by atoms with Crippen LogP contribution in [0.5, 0.6) is 0 Å². The molecule has 1 aromatic carbocycles. The van der Waals surface area contributed by atoms with Crippen molar-refractivity contribution >= 4 is 23.7 Å². The lowest BCUT2D eigenvalue weighted by atomic mass is 9.86. The Balaban J connectivity index is 1.44. The van der Waals surface area contributed by atoms with Crippen molar-refractivity contribution in [1.82, 2.24) is 25.4 Å². The van der Waals surface area contributed by atoms with E-state index in [0.29, 0.717) is 16.9 Å². The van der Waals surface area contributed by atoms with E-state index in [0.717, 1.165) is 36.3 Å². The number of amides is 3. The molecule has 2 heterocycles. The molecule has 168 valence electrons. The zero-order chi connectivity index (χ0) is 22.5. The van der Waals surface area contributed by atoms with E-state index in [1.54, 1.807) is 6.26 Å². The number of imide groups is 1. The van der Waals surface area contributed by atoms with Crippen molar-refractivity contribution in [2.75, 3.05) is 5.75 Å². The molecule has 3 aromatic rings. The summed E-state index contributed by atoms with van der Waals surface area (Å²) in [5, 5.41) is 14.6. The number of urea groups is 1. The Morgan fingerprint density at radius 1 is 1.16 bits per heavy atom. The monoisotopic (exact) mass is 453 g/mol.